The molecule has 0 unspecified atom stereocenters. The number of benzene rings is 1. The Kier molecular flexibility index (Phi) is 6.69. The maximum Gasteiger partial charge on any atom is 0.306 e. The van der Waals surface area contributed by atoms with Gasteiger partial charge >= 0.3 is 11.9 Å². The lowest BCUT2D eigenvalue weighted by atomic mass is 10.2. The third-order valence-electron chi connectivity index (χ3n) is 2.76. The summed E-state index contributed by atoms with van der Waals surface area (Å²) >= 11 is 5.11. The van der Waals surface area contributed by atoms with Gasteiger partial charge in [-0.3, -0.25) is 9.59 Å². The van der Waals surface area contributed by atoms with E-state index in [1.54, 1.807) is 20.7 Å². The van der Waals surface area contributed by atoms with Gasteiger partial charge in [0, 0.05) is 4.88 Å². The minimum atomic E-state index is -1.02. The maximum atomic E-state index is 11.2. The van der Waals surface area contributed by atoms with E-state index < -0.39 is 11.9 Å². The molecular weight excluding hydrogens is 356 g/mol. The first-order valence-electron chi connectivity index (χ1n) is 6.75. The van der Waals surface area contributed by atoms with Crippen LogP contribution >= 0.6 is 32.9 Å². The molecule has 0 bridgehead atoms. The second kappa shape index (κ2) is 8.76. The van der Waals surface area contributed by atoms with E-state index in [0.29, 0.717) is 5.75 Å². The molecule has 2 rings (SSSR count). The van der Waals surface area contributed by atoms with Crippen LogP contribution in [0.3, 0.4) is 0 Å². The zero-order chi connectivity index (χ0) is 16.7. The Morgan fingerprint density at radius 3 is 2.43 bits per heavy atom. The first-order chi connectivity index (χ1) is 11.0. The van der Waals surface area contributed by atoms with Crippen molar-refractivity contribution in [2.24, 2.45) is 0 Å². The van der Waals surface area contributed by atoms with Crippen molar-refractivity contribution in [3.05, 3.63) is 34.2 Å². The Morgan fingerprint density at radius 1 is 1.09 bits per heavy atom. The van der Waals surface area contributed by atoms with Crippen LogP contribution in [-0.4, -0.2) is 30.3 Å². The molecule has 0 saturated carbocycles. The van der Waals surface area contributed by atoms with E-state index in [2.05, 4.69) is 0 Å². The number of hydrogen-bond acceptors (Lipinski definition) is 7. The van der Waals surface area contributed by atoms with E-state index in [1.807, 2.05) is 30.3 Å². The van der Waals surface area contributed by atoms with Gasteiger partial charge in [-0.15, -0.1) is 0 Å². The van der Waals surface area contributed by atoms with Crippen LogP contribution in [-0.2, 0) is 14.3 Å². The van der Waals surface area contributed by atoms with E-state index in [4.69, 9.17) is 26.8 Å². The molecule has 0 radical (unpaired) electrons. The first-order valence-corrected chi connectivity index (χ1v) is 9.31. The highest BCUT2D eigenvalue weighted by molar-refractivity contribution is 7.80. The molecule has 2 aromatic rings. The molecule has 23 heavy (non-hydrogen) atoms. The molecule has 0 amide bonds. The van der Waals surface area contributed by atoms with Crippen LogP contribution < -0.4 is 4.74 Å². The zero-order valence-corrected chi connectivity index (χ0v) is 14.5. The lowest BCUT2D eigenvalue weighted by molar-refractivity contribution is -0.148. The van der Waals surface area contributed by atoms with Crippen LogP contribution in [0.5, 0.6) is 5.75 Å². The number of carboxylic acids is 1. The van der Waals surface area contributed by atoms with Crippen molar-refractivity contribution in [3.63, 3.8) is 0 Å². The highest BCUT2D eigenvalue weighted by Gasteiger charge is 2.06. The number of rotatable bonds is 8. The molecule has 0 spiro atoms. The third kappa shape index (κ3) is 6.09. The number of ether oxygens (including phenoxy) is 2. The minimum Gasteiger partial charge on any atom is -0.490 e. The average molecular weight is 370 g/mol. The SMILES string of the molecule is O=C(O)CCC(=O)OCCOc1ccc(-c2cc(=S)ss2)cc1. The molecule has 0 aliphatic carbocycles. The summed E-state index contributed by atoms with van der Waals surface area (Å²) in [6.07, 6.45) is -0.354. The van der Waals surface area contributed by atoms with Crippen LogP contribution in [0.4, 0.5) is 0 Å². The summed E-state index contributed by atoms with van der Waals surface area (Å²) in [5.74, 6) is -0.882. The largest absolute Gasteiger partial charge is 0.490 e. The van der Waals surface area contributed by atoms with Gasteiger partial charge < -0.3 is 14.6 Å². The van der Waals surface area contributed by atoms with E-state index >= 15 is 0 Å². The summed E-state index contributed by atoms with van der Waals surface area (Å²) in [6, 6.07) is 9.55. The Hall–Kier alpha value is -1.77. The smallest absolute Gasteiger partial charge is 0.306 e. The van der Waals surface area contributed by atoms with Crippen molar-refractivity contribution in [3.8, 4) is 16.2 Å². The highest BCUT2D eigenvalue weighted by atomic mass is 32.9. The Bertz CT molecular complexity index is 717. The van der Waals surface area contributed by atoms with Gasteiger partial charge in [-0.25, -0.2) is 0 Å². The number of hydrogen-bond donors (Lipinski definition) is 1. The second-order valence-electron chi connectivity index (χ2n) is 4.48. The molecule has 1 heterocycles. The normalized spacial score (nSPS) is 10.3. The fourth-order valence-corrected chi connectivity index (χ4v) is 4.09. The highest BCUT2D eigenvalue weighted by Crippen LogP contribution is 2.30. The van der Waals surface area contributed by atoms with Gasteiger partial charge in [0.1, 0.15) is 22.8 Å². The average Bonchev–Trinajstić information content (AvgIpc) is 2.96. The van der Waals surface area contributed by atoms with Crippen molar-refractivity contribution in [2.45, 2.75) is 12.8 Å². The number of carboxylic acid groups (broad SMARTS) is 1. The Morgan fingerprint density at radius 2 is 1.83 bits per heavy atom. The Labute approximate surface area is 145 Å². The molecule has 1 aromatic heterocycles. The monoisotopic (exact) mass is 370 g/mol. The van der Waals surface area contributed by atoms with Crippen LogP contribution in [0.15, 0.2) is 30.3 Å². The quantitative estimate of drug-likeness (QED) is 0.328. The summed E-state index contributed by atoms with van der Waals surface area (Å²) in [5, 5.41) is 8.45. The van der Waals surface area contributed by atoms with Gasteiger partial charge in [-0.05, 0) is 35.9 Å². The summed E-state index contributed by atoms with van der Waals surface area (Å²) in [7, 11) is 3.21. The van der Waals surface area contributed by atoms with Crippen molar-refractivity contribution < 1.29 is 24.2 Å². The predicted molar refractivity (Wildman–Crippen MR) is 91.8 cm³/mol. The second-order valence-corrected chi connectivity index (χ2v) is 7.39. The van der Waals surface area contributed by atoms with Crippen LogP contribution in [0.2, 0.25) is 0 Å². The molecule has 1 aromatic carbocycles. The fourth-order valence-electron chi connectivity index (χ4n) is 1.68. The van der Waals surface area contributed by atoms with E-state index in [-0.39, 0.29) is 26.1 Å². The Balaban J connectivity index is 1.73. The lowest BCUT2D eigenvalue weighted by Crippen LogP contribution is -2.13. The van der Waals surface area contributed by atoms with Crippen LogP contribution in [0.1, 0.15) is 12.8 Å². The van der Waals surface area contributed by atoms with Crippen LogP contribution in [0, 0.1) is 3.82 Å². The van der Waals surface area contributed by atoms with Gasteiger partial charge in [-0.2, -0.15) is 0 Å². The van der Waals surface area contributed by atoms with E-state index in [9.17, 15) is 9.59 Å². The topological polar surface area (TPSA) is 72.8 Å². The van der Waals surface area contributed by atoms with E-state index in [0.717, 1.165) is 14.3 Å². The van der Waals surface area contributed by atoms with Gasteiger partial charge in [0.15, 0.2) is 0 Å². The molecule has 0 fully saturated rings. The van der Waals surface area contributed by atoms with Gasteiger partial charge in [0.25, 0.3) is 0 Å². The summed E-state index contributed by atoms with van der Waals surface area (Å²) in [4.78, 5) is 22.7. The molecule has 0 atom stereocenters. The van der Waals surface area contributed by atoms with Gasteiger partial charge in [-0.1, -0.05) is 32.9 Å². The molecule has 8 heteroatoms. The lowest BCUT2D eigenvalue weighted by Gasteiger charge is -2.07. The predicted octanol–water partition coefficient (Wildman–Crippen LogP) is 3.99. The molecule has 0 saturated heterocycles. The van der Waals surface area contributed by atoms with Gasteiger partial charge in [0.2, 0.25) is 0 Å². The maximum absolute atomic E-state index is 11.2. The molecule has 0 aliphatic heterocycles. The van der Waals surface area contributed by atoms with Crippen molar-refractivity contribution in [2.75, 3.05) is 13.2 Å². The van der Waals surface area contributed by atoms with Crippen molar-refractivity contribution >= 4 is 44.8 Å². The summed E-state index contributed by atoms with van der Waals surface area (Å²) < 4.78 is 11.2. The summed E-state index contributed by atoms with van der Waals surface area (Å²) in [5.41, 5.74) is 1.08. The number of carbonyl (C=O) groups excluding carboxylic acids is 1. The molecule has 1 N–H and O–H groups in total. The van der Waals surface area contributed by atoms with Crippen LogP contribution in [0.25, 0.3) is 10.4 Å². The van der Waals surface area contributed by atoms with E-state index in [1.165, 1.54) is 0 Å². The number of esters is 1. The molecule has 122 valence electrons. The van der Waals surface area contributed by atoms with Gasteiger partial charge in [0.05, 0.1) is 12.8 Å². The zero-order valence-electron chi connectivity index (χ0n) is 12.0. The molecule has 0 aliphatic rings. The first kappa shape index (κ1) is 17.6. The number of aliphatic carboxylic acids is 1. The summed E-state index contributed by atoms with van der Waals surface area (Å²) in [6.45, 7) is 0.307. The third-order valence-corrected chi connectivity index (χ3v) is 5.67. The van der Waals surface area contributed by atoms with Crippen molar-refractivity contribution in [1.82, 2.24) is 0 Å². The standard InChI is InChI=1S/C15H14O5S3/c16-13(17)5-6-14(18)20-8-7-19-11-3-1-10(2-4-11)12-9-15(21)23-22-12/h1-4,9H,5-8H2,(H,16,17). The number of carbonyl (C=O) groups is 2. The van der Waals surface area contributed by atoms with Crippen molar-refractivity contribution in [1.29, 1.82) is 0 Å². The minimum absolute atomic E-state index is 0.0894. The molecular formula is C15H14O5S3. The molecule has 5 nitrogen and oxygen atoms in total. The fraction of sp³-hybridized carbons (Fsp3) is 0.267.